The number of anilines is 1. The molecular weight excluding hydrogens is 346 g/mol. The number of hydrogen-bond donors (Lipinski definition) is 2. The number of benzene rings is 1. The molecule has 0 aromatic heterocycles. The Morgan fingerprint density at radius 2 is 1.96 bits per heavy atom. The standard InChI is InChI=1S/C20H27N3O2S/c1-14-2-3-15(19(25)23-8-10-26-11-9-23)12-17(14)22-18(24)16-13-20(16)4-6-21-7-5-20/h2-3,12,16,21H,4-11,13H2,1H3,(H,22,24). The minimum absolute atomic E-state index is 0.0713. The number of hydrogen-bond acceptors (Lipinski definition) is 4. The van der Waals surface area contributed by atoms with Crippen molar-refractivity contribution >= 4 is 29.3 Å². The van der Waals surface area contributed by atoms with Gasteiger partial charge in [-0.3, -0.25) is 9.59 Å². The molecule has 0 radical (unpaired) electrons. The average Bonchev–Trinajstić information content (AvgIpc) is 3.37. The molecule has 1 unspecified atom stereocenters. The summed E-state index contributed by atoms with van der Waals surface area (Å²) in [5, 5.41) is 6.48. The Kier molecular flexibility index (Phi) is 4.97. The third kappa shape index (κ3) is 3.49. The highest BCUT2D eigenvalue weighted by Gasteiger charge is 2.57. The molecule has 1 spiro atoms. The largest absolute Gasteiger partial charge is 0.337 e. The van der Waals surface area contributed by atoms with E-state index in [0.717, 1.165) is 68.2 Å². The number of thioether (sulfide) groups is 1. The number of nitrogens with one attached hydrogen (secondary N) is 2. The van der Waals surface area contributed by atoms with Crippen LogP contribution in [0.1, 0.15) is 35.2 Å². The second-order valence-electron chi connectivity index (χ2n) is 7.79. The van der Waals surface area contributed by atoms with Gasteiger partial charge < -0.3 is 15.5 Å². The summed E-state index contributed by atoms with van der Waals surface area (Å²) < 4.78 is 0. The number of aryl methyl sites for hydroxylation is 1. The van der Waals surface area contributed by atoms with E-state index in [2.05, 4.69) is 10.6 Å². The van der Waals surface area contributed by atoms with E-state index in [1.54, 1.807) is 0 Å². The van der Waals surface area contributed by atoms with Crippen molar-refractivity contribution in [1.82, 2.24) is 10.2 Å². The van der Waals surface area contributed by atoms with Crippen molar-refractivity contribution in [1.29, 1.82) is 0 Å². The Bertz CT molecular complexity index is 709. The van der Waals surface area contributed by atoms with Crippen LogP contribution in [0, 0.1) is 18.3 Å². The van der Waals surface area contributed by atoms with Gasteiger partial charge in [-0.2, -0.15) is 11.8 Å². The van der Waals surface area contributed by atoms with Gasteiger partial charge >= 0.3 is 0 Å². The van der Waals surface area contributed by atoms with Gasteiger partial charge in [0.1, 0.15) is 0 Å². The molecular formula is C20H27N3O2S. The first-order chi connectivity index (χ1) is 12.6. The predicted octanol–water partition coefficient (Wildman–Crippen LogP) is 2.51. The fraction of sp³-hybridized carbons (Fsp3) is 0.600. The SMILES string of the molecule is Cc1ccc(C(=O)N2CCSCC2)cc1NC(=O)C1CC12CCNCC2. The molecule has 2 N–H and O–H groups in total. The number of carbonyl (C=O) groups is 2. The molecule has 1 atom stereocenters. The Morgan fingerprint density at radius 3 is 2.69 bits per heavy atom. The molecule has 3 aliphatic rings. The highest BCUT2D eigenvalue weighted by molar-refractivity contribution is 7.99. The van der Waals surface area contributed by atoms with Crippen molar-refractivity contribution in [2.75, 3.05) is 43.0 Å². The second-order valence-corrected chi connectivity index (χ2v) is 9.02. The van der Waals surface area contributed by atoms with Crippen molar-refractivity contribution in [3.8, 4) is 0 Å². The lowest BCUT2D eigenvalue weighted by molar-refractivity contribution is -0.118. The van der Waals surface area contributed by atoms with Crippen LogP contribution in [0.15, 0.2) is 18.2 Å². The minimum Gasteiger partial charge on any atom is -0.337 e. The van der Waals surface area contributed by atoms with Gasteiger partial charge in [0.05, 0.1) is 0 Å². The molecule has 2 amide bonds. The summed E-state index contributed by atoms with van der Waals surface area (Å²) in [5.41, 5.74) is 2.68. The molecule has 140 valence electrons. The zero-order valence-corrected chi connectivity index (χ0v) is 16.2. The molecule has 26 heavy (non-hydrogen) atoms. The predicted molar refractivity (Wildman–Crippen MR) is 106 cm³/mol. The molecule has 5 nitrogen and oxygen atoms in total. The summed E-state index contributed by atoms with van der Waals surface area (Å²) >= 11 is 1.89. The molecule has 2 heterocycles. The van der Waals surface area contributed by atoms with Gasteiger partial charge in [-0.1, -0.05) is 6.07 Å². The van der Waals surface area contributed by atoms with Crippen LogP contribution in [-0.2, 0) is 4.79 Å². The number of amides is 2. The fourth-order valence-corrected chi connectivity index (χ4v) is 5.16. The Balaban J connectivity index is 1.45. The van der Waals surface area contributed by atoms with Gasteiger partial charge in [-0.25, -0.2) is 0 Å². The van der Waals surface area contributed by atoms with Gasteiger partial charge in [0.25, 0.3) is 5.91 Å². The smallest absolute Gasteiger partial charge is 0.253 e. The first kappa shape index (κ1) is 17.9. The Morgan fingerprint density at radius 1 is 1.23 bits per heavy atom. The summed E-state index contributed by atoms with van der Waals surface area (Å²) in [4.78, 5) is 27.4. The van der Waals surface area contributed by atoms with E-state index in [0.29, 0.717) is 5.56 Å². The molecule has 0 bridgehead atoms. The van der Waals surface area contributed by atoms with E-state index in [9.17, 15) is 9.59 Å². The zero-order chi connectivity index (χ0) is 18.1. The lowest BCUT2D eigenvalue weighted by atomic mass is 9.91. The summed E-state index contributed by atoms with van der Waals surface area (Å²) in [6, 6.07) is 5.67. The first-order valence-corrected chi connectivity index (χ1v) is 10.7. The summed E-state index contributed by atoms with van der Waals surface area (Å²) in [7, 11) is 0. The van der Waals surface area contributed by atoms with Crippen LogP contribution < -0.4 is 10.6 Å². The van der Waals surface area contributed by atoms with Crippen LogP contribution in [0.25, 0.3) is 0 Å². The maximum atomic E-state index is 12.8. The van der Waals surface area contributed by atoms with E-state index < -0.39 is 0 Å². The Hall–Kier alpha value is -1.53. The maximum absolute atomic E-state index is 12.8. The van der Waals surface area contributed by atoms with Crippen molar-refractivity contribution in [2.24, 2.45) is 11.3 Å². The maximum Gasteiger partial charge on any atom is 0.253 e. The fourth-order valence-electron chi connectivity index (χ4n) is 4.25. The highest BCUT2D eigenvalue weighted by Crippen LogP contribution is 2.58. The topological polar surface area (TPSA) is 61.4 Å². The van der Waals surface area contributed by atoms with Crippen LogP contribution in [0.4, 0.5) is 5.69 Å². The average molecular weight is 374 g/mol. The van der Waals surface area contributed by atoms with Gasteiger partial charge in [-0.15, -0.1) is 0 Å². The molecule has 1 saturated carbocycles. The molecule has 1 aromatic rings. The van der Waals surface area contributed by atoms with E-state index in [-0.39, 0.29) is 23.1 Å². The third-order valence-corrected chi connectivity index (χ3v) is 7.09. The van der Waals surface area contributed by atoms with Crippen LogP contribution in [0.3, 0.4) is 0 Å². The summed E-state index contributed by atoms with van der Waals surface area (Å²) in [5.74, 6) is 2.32. The summed E-state index contributed by atoms with van der Waals surface area (Å²) in [6.07, 6.45) is 3.19. The molecule has 2 saturated heterocycles. The van der Waals surface area contributed by atoms with E-state index in [4.69, 9.17) is 0 Å². The molecule has 6 heteroatoms. The van der Waals surface area contributed by atoms with Gasteiger partial charge in [-0.05, 0) is 62.4 Å². The van der Waals surface area contributed by atoms with Crippen molar-refractivity contribution in [3.05, 3.63) is 29.3 Å². The van der Waals surface area contributed by atoms with Crippen LogP contribution in [0.5, 0.6) is 0 Å². The second kappa shape index (κ2) is 7.24. The lowest BCUT2D eigenvalue weighted by Gasteiger charge is -2.26. The molecule has 1 aromatic carbocycles. The number of rotatable bonds is 3. The molecule has 4 rings (SSSR count). The number of nitrogens with zero attached hydrogens (tertiary/aromatic N) is 1. The molecule has 1 aliphatic carbocycles. The van der Waals surface area contributed by atoms with E-state index in [1.165, 1.54) is 0 Å². The van der Waals surface area contributed by atoms with Crippen LogP contribution in [0.2, 0.25) is 0 Å². The van der Waals surface area contributed by atoms with Crippen LogP contribution >= 0.6 is 11.8 Å². The van der Waals surface area contributed by atoms with Gasteiger partial charge in [0.2, 0.25) is 5.91 Å². The molecule has 2 aliphatic heterocycles. The highest BCUT2D eigenvalue weighted by atomic mass is 32.2. The van der Waals surface area contributed by atoms with Crippen molar-refractivity contribution < 1.29 is 9.59 Å². The van der Waals surface area contributed by atoms with E-state index >= 15 is 0 Å². The van der Waals surface area contributed by atoms with Crippen LogP contribution in [-0.4, -0.2) is 54.4 Å². The third-order valence-electron chi connectivity index (χ3n) is 6.15. The van der Waals surface area contributed by atoms with Crippen molar-refractivity contribution in [3.63, 3.8) is 0 Å². The van der Waals surface area contributed by atoms with Crippen molar-refractivity contribution in [2.45, 2.75) is 26.2 Å². The first-order valence-electron chi connectivity index (χ1n) is 9.58. The quantitative estimate of drug-likeness (QED) is 0.855. The number of piperidine rings is 1. The zero-order valence-electron chi connectivity index (χ0n) is 15.3. The van der Waals surface area contributed by atoms with Gasteiger partial charge in [0, 0.05) is 41.8 Å². The Labute approximate surface area is 159 Å². The van der Waals surface area contributed by atoms with E-state index in [1.807, 2.05) is 41.8 Å². The summed E-state index contributed by atoms with van der Waals surface area (Å²) in [6.45, 7) is 5.62. The minimum atomic E-state index is 0.0713. The monoisotopic (exact) mass is 373 g/mol. The number of carbonyl (C=O) groups excluding carboxylic acids is 2. The molecule has 3 fully saturated rings. The lowest BCUT2D eigenvalue weighted by Crippen LogP contribution is -2.37. The normalized spacial score (nSPS) is 24.3. The van der Waals surface area contributed by atoms with Gasteiger partial charge in [0.15, 0.2) is 0 Å².